The zero-order valence-corrected chi connectivity index (χ0v) is 11.9. The predicted octanol–water partition coefficient (Wildman–Crippen LogP) is 3.31. The fraction of sp³-hybridized carbons (Fsp3) is 0.235. The first-order chi connectivity index (χ1) is 10.1. The highest BCUT2D eigenvalue weighted by atomic mass is 16.5. The number of rotatable bonds is 6. The summed E-state index contributed by atoms with van der Waals surface area (Å²) in [7, 11) is 0. The maximum Gasteiger partial charge on any atom is 0.201 e. The molecule has 0 atom stereocenters. The Hall–Kier alpha value is -2.49. The molecule has 0 radical (unpaired) electrons. The van der Waals surface area contributed by atoms with Crippen molar-refractivity contribution in [3.05, 3.63) is 53.6 Å². The van der Waals surface area contributed by atoms with E-state index >= 15 is 0 Å². The zero-order valence-electron chi connectivity index (χ0n) is 11.9. The summed E-state index contributed by atoms with van der Waals surface area (Å²) in [4.78, 5) is 12.2. The minimum absolute atomic E-state index is 0.0974. The first-order valence-electron chi connectivity index (χ1n) is 6.88. The molecule has 0 aliphatic rings. The lowest BCUT2D eigenvalue weighted by Gasteiger charge is -2.11. The van der Waals surface area contributed by atoms with Crippen molar-refractivity contribution in [3.8, 4) is 17.2 Å². The van der Waals surface area contributed by atoms with Crippen molar-refractivity contribution >= 4 is 5.78 Å². The van der Waals surface area contributed by atoms with Gasteiger partial charge in [0.15, 0.2) is 17.3 Å². The van der Waals surface area contributed by atoms with Gasteiger partial charge in [-0.25, -0.2) is 0 Å². The Bertz CT molecular complexity index is 620. The lowest BCUT2D eigenvalue weighted by molar-refractivity contribution is 0.0989. The van der Waals surface area contributed by atoms with Crippen molar-refractivity contribution in [2.45, 2.75) is 19.8 Å². The molecule has 0 saturated carbocycles. The van der Waals surface area contributed by atoms with Crippen molar-refractivity contribution in [2.24, 2.45) is 0 Å². The maximum atomic E-state index is 12.2. The smallest absolute Gasteiger partial charge is 0.201 e. The van der Waals surface area contributed by atoms with Gasteiger partial charge in [-0.1, -0.05) is 37.3 Å². The average Bonchev–Trinajstić information content (AvgIpc) is 2.49. The third-order valence-electron chi connectivity index (χ3n) is 3.08. The van der Waals surface area contributed by atoms with Crippen molar-refractivity contribution in [3.63, 3.8) is 0 Å². The summed E-state index contributed by atoms with van der Waals surface area (Å²) >= 11 is 0. The molecule has 2 aromatic carbocycles. The Morgan fingerprint density at radius 3 is 2.43 bits per heavy atom. The summed E-state index contributed by atoms with van der Waals surface area (Å²) in [6, 6.07) is 12.2. The first-order valence-corrected chi connectivity index (χ1v) is 6.88. The van der Waals surface area contributed by atoms with E-state index in [9.17, 15) is 15.0 Å². The second-order valence-electron chi connectivity index (χ2n) is 4.74. The van der Waals surface area contributed by atoms with Crippen LogP contribution >= 0.6 is 0 Å². The second kappa shape index (κ2) is 6.79. The van der Waals surface area contributed by atoms with Crippen LogP contribution in [0.1, 0.15) is 29.3 Å². The van der Waals surface area contributed by atoms with Crippen molar-refractivity contribution in [1.29, 1.82) is 0 Å². The van der Waals surface area contributed by atoms with E-state index in [0.717, 1.165) is 12.0 Å². The summed E-state index contributed by atoms with van der Waals surface area (Å²) in [6.07, 6.45) is 0.956. The van der Waals surface area contributed by atoms with Crippen molar-refractivity contribution in [1.82, 2.24) is 0 Å². The molecule has 0 unspecified atom stereocenters. The lowest BCUT2D eigenvalue weighted by atomic mass is 10.0. The Balaban J connectivity index is 2.20. The fourth-order valence-corrected chi connectivity index (χ4v) is 1.99. The van der Waals surface area contributed by atoms with Crippen LogP contribution in [0.25, 0.3) is 0 Å². The molecule has 21 heavy (non-hydrogen) atoms. The Labute approximate surface area is 123 Å². The summed E-state index contributed by atoms with van der Waals surface area (Å²) in [5.41, 5.74) is 0.952. The number of ketones is 1. The minimum atomic E-state index is -0.426. The van der Waals surface area contributed by atoms with Crippen LogP contribution in [0.2, 0.25) is 0 Å². The van der Waals surface area contributed by atoms with Gasteiger partial charge in [-0.3, -0.25) is 4.79 Å². The predicted molar refractivity (Wildman–Crippen MR) is 80.0 cm³/mol. The van der Waals surface area contributed by atoms with E-state index < -0.39 is 5.75 Å². The van der Waals surface area contributed by atoms with Crippen LogP contribution in [-0.4, -0.2) is 22.6 Å². The third-order valence-corrected chi connectivity index (χ3v) is 3.08. The number of benzene rings is 2. The maximum absolute atomic E-state index is 12.2. The summed E-state index contributed by atoms with van der Waals surface area (Å²) < 4.78 is 5.30. The summed E-state index contributed by atoms with van der Waals surface area (Å²) in [5.74, 6) is -0.881. The van der Waals surface area contributed by atoms with Crippen LogP contribution in [0.4, 0.5) is 0 Å². The van der Waals surface area contributed by atoms with Crippen LogP contribution in [-0.2, 0) is 6.42 Å². The number of phenols is 2. The fourth-order valence-electron chi connectivity index (χ4n) is 1.99. The molecule has 0 fully saturated rings. The molecule has 0 amide bonds. The number of Topliss-reactive ketones (excluding diaryl/α,β-unsaturated/α-hetero) is 1. The van der Waals surface area contributed by atoms with Gasteiger partial charge in [-0.15, -0.1) is 0 Å². The van der Waals surface area contributed by atoms with Crippen LogP contribution in [0.3, 0.4) is 0 Å². The highest BCUT2D eigenvalue weighted by molar-refractivity contribution is 6.00. The Kier molecular flexibility index (Phi) is 4.82. The summed E-state index contributed by atoms with van der Waals surface area (Å²) in [6.45, 7) is 2.37. The minimum Gasteiger partial charge on any atom is -0.504 e. The van der Waals surface area contributed by atoms with Crippen molar-refractivity contribution in [2.75, 3.05) is 6.61 Å². The molecule has 0 spiro atoms. The van der Waals surface area contributed by atoms with E-state index in [-0.39, 0.29) is 29.3 Å². The number of hydrogen-bond donors (Lipinski definition) is 2. The quantitative estimate of drug-likeness (QED) is 0.631. The average molecular weight is 286 g/mol. The molecular formula is C17H18O4. The normalized spacial score (nSPS) is 10.3. The SMILES string of the molecule is CCCOc1ccc(C(=O)Cc2ccccc2)c(O)c1O. The largest absolute Gasteiger partial charge is 0.504 e. The van der Waals surface area contributed by atoms with Crippen LogP contribution < -0.4 is 4.74 Å². The number of phenolic OH excluding ortho intramolecular Hbond substituents is 2. The van der Waals surface area contributed by atoms with Crippen LogP contribution in [0.5, 0.6) is 17.2 Å². The highest BCUT2D eigenvalue weighted by Crippen LogP contribution is 2.38. The Morgan fingerprint density at radius 2 is 1.76 bits per heavy atom. The van der Waals surface area contributed by atoms with Gasteiger partial charge in [-0.2, -0.15) is 0 Å². The van der Waals surface area contributed by atoms with E-state index in [1.54, 1.807) is 0 Å². The first kappa shape index (κ1) is 14.9. The molecule has 0 aliphatic carbocycles. The topological polar surface area (TPSA) is 66.8 Å². The molecular weight excluding hydrogens is 268 g/mol. The van der Waals surface area contributed by atoms with Gasteiger partial charge in [0, 0.05) is 6.42 Å². The third kappa shape index (κ3) is 3.54. The number of carbonyl (C=O) groups excluding carboxylic acids is 1. The number of carbonyl (C=O) groups is 1. The van der Waals surface area contributed by atoms with E-state index in [0.29, 0.717) is 6.61 Å². The Morgan fingerprint density at radius 1 is 1.05 bits per heavy atom. The van der Waals surface area contributed by atoms with Gasteiger partial charge in [0.2, 0.25) is 5.75 Å². The van der Waals surface area contributed by atoms with Gasteiger partial charge in [0.1, 0.15) is 0 Å². The molecule has 2 N–H and O–H groups in total. The number of ether oxygens (including phenoxy) is 1. The highest BCUT2D eigenvalue weighted by Gasteiger charge is 2.18. The monoisotopic (exact) mass is 286 g/mol. The molecule has 0 saturated heterocycles. The van der Waals surface area contributed by atoms with Gasteiger partial charge in [0.05, 0.1) is 12.2 Å². The number of hydrogen-bond acceptors (Lipinski definition) is 4. The molecule has 2 rings (SSSR count). The molecule has 0 aromatic heterocycles. The summed E-state index contributed by atoms with van der Waals surface area (Å²) in [5, 5.41) is 19.9. The number of aromatic hydroxyl groups is 2. The van der Waals surface area contributed by atoms with Gasteiger partial charge < -0.3 is 14.9 Å². The molecule has 110 valence electrons. The van der Waals surface area contributed by atoms with Crippen LogP contribution in [0, 0.1) is 0 Å². The van der Waals surface area contributed by atoms with E-state index in [1.807, 2.05) is 37.3 Å². The van der Waals surface area contributed by atoms with Gasteiger partial charge in [-0.05, 0) is 24.1 Å². The molecule has 4 nitrogen and oxygen atoms in total. The van der Waals surface area contributed by atoms with E-state index in [2.05, 4.69) is 0 Å². The molecule has 0 heterocycles. The van der Waals surface area contributed by atoms with Gasteiger partial charge in [0.25, 0.3) is 0 Å². The molecule has 0 bridgehead atoms. The second-order valence-corrected chi connectivity index (χ2v) is 4.74. The molecule has 4 heteroatoms. The molecule has 2 aromatic rings. The van der Waals surface area contributed by atoms with E-state index in [1.165, 1.54) is 12.1 Å². The molecule has 0 aliphatic heterocycles. The standard InChI is InChI=1S/C17H18O4/c1-2-10-21-15-9-8-13(16(19)17(15)20)14(18)11-12-6-4-3-5-7-12/h3-9,19-20H,2,10-11H2,1H3. The van der Waals surface area contributed by atoms with Crippen LogP contribution in [0.15, 0.2) is 42.5 Å². The zero-order chi connectivity index (χ0) is 15.2. The van der Waals surface area contributed by atoms with Gasteiger partial charge >= 0.3 is 0 Å². The van der Waals surface area contributed by atoms with Crippen molar-refractivity contribution < 1.29 is 19.7 Å². The lowest BCUT2D eigenvalue weighted by Crippen LogP contribution is -2.04. The van der Waals surface area contributed by atoms with E-state index in [4.69, 9.17) is 4.74 Å².